The Morgan fingerprint density at radius 2 is 1.96 bits per heavy atom. The van der Waals surface area contributed by atoms with Gasteiger partial charge in [-0.1, -0.05) is 54.5 Å². The highest BCUT2D eigenvalue weighted by molar-refractivity contribution is 6.06. The first kappa shape index (κ1) is 19.4. The fourth-order valence-electron chi connectivity index (χ4n) is 2.85. The molecule has 144 valence electrons. The fraction of sp³-hybridized carbons (Fsp3) is 0.227. The van der Waals surface area contributed by atoms with Crippen LogP contribution in [0.5, 0.6) is 0 Å². The SMILES string of the molecule is CCCO/N=C/c1ccc(-c2ccccc2NC(=O)c2cn(C)nc2C)cc1. The van der Waals surface area contributed by atoms with Crippen LogP contribution < -0.4 is 5.32 Å². The number of benzene rings is 2. The number of aryl methyl sites for hydroxylation is 2. The first-order chi connectivity index (χ1) is 13.6. The van der Waals surface area contributed by atoms with Gasteiger partial charge in [0.2, 0.25) is 0 Å². The van der Waals surface area contributed by atoms with Crippen LogP contribution in [-0.2, 0) is 11.9 Å². The van der Waals surface area contributed by atoms with Gasteiger partial charge in [-0.3, -0.25) is 9.48 Å². The van der Waals surface area contributed by atoms with Gasteiger partial charge in [-0.2, -0.15) is 5.10 Å². The molecule has 0 radical (unpaired) electrons. The van der Waals surface area contributed by atoms with E-state index in [1.54, 1.807) is 24.1 Å². The second kappa shape index (κ2) is 8.99. The summed E-state index contributed by atoms with van der Waals surface area (Å²) in [7, 11) is 1.80. The van der Waals surface area contributed by atoms with Crippen LogP contribution in [-0.4, -0.2) is 28.5 Å². The van der Waals surface area contributed by atoms with Crippen LogP contribution in [0.2, 0.25) is 0 Å². The summed E-state index contributed by atoms with van der Waals surface area (Å²) < 4.78 is 1.64. The lowest BCUT2D eigenvalue weighted by molar-refractivity contribution is 0.102. The Balaban J connectivity index is 1.79. The van der Waals surface area contributed by atoms with E-state index in [4.69, 9.17) is 4.84 Å². The molecule has 28 heavy (non-hydrogen) atoms. The van der Waals surface area contributed by atoms with E-state index in [1.807, 2.05) is 62.4 Å². The quantitative estimate of drug-likeness (QED) is 0.377. The molecule has 6 heteroatoms. The second-order valence-corrected chi connectivity index (χ2v) is 6.49. The van der Waals surface area contributed by atoms with Gasteiger partial charge in [0.1, 0.15) is 6.61 Å². The van der Waals surface area contributed by atoms with E-state index in [0.717, 1.165) is 28.8 Å². The number of hydrogen-bond acceptors (Lipinski definition) is 4. The van der Waals surface area contributed by atoms with Crippen LogP contribution in [0.15, 0.2) is 59.9 Å². The maximum absolute atomic E-state index is 12.7. The highest BCUT2D eigenvalue weighted by atomic mass is 16.6. The van der Waals surface area contributed by atoms with Gasteiger partial charge in [-0.05, 0) is 30.5 Å². The molecule has 0 aliphatic rings. The molecule has 0 saturated carbocycles. The molecule has 1 amide bonds. The zero-order valence-corrected chi connectivity index (χ0v) is 16.3. The third kappa shape index (κ3) is 4.65. The average molecular weight is 376 g/mol. The maximum Gasteiger partial charge on any atom is 0.259 e. The molecule has 0 unspecified atom stereocenters. The van der Waals surface area contributed by atoms with Gasteiger partial charge in [0.05, 0.1) is 17.5 Å². The van der Waals surface area contributed by atoms with E-state index in [2.05, 4.69) is 15.6 Å². The van der Waals surface area contributed by atoms with E-state index in [9.17, 15) is 4.79 Å². The van der Waals surface area contributed by atoms with Crippen LogP contribution in [0, 0.1) is 6.92 Å². The Morgan fingerprint density at radius 1 is 1.21 bits per heavy atom. The number of aromatic nitrogens is 2. The fourth-order valence-corrected chi connectivity index (χ4v) is 2.85. The van der Waals surface area contributed by atoms with Crippen molar-refractivity contribution in [3.05, 3.63) is 71.5 Å². The maximum atomic E-state index is 12.7. The monoisotopic (exact) mass is 376 g/mol. The number of para-hydroxylation sites is 1. The largest absolute Gasteiger partial charge is 0.396 e. The second-order valence-electron chi connectivity index (χ2n) is 6.49. The van der Waals surface area contributed by atoms with Gasteiger partial charge in [0.15, 0.2) is 0 Å². The predicted octanol–water partition coefficient (Wildman–Crippen LogP) is 4.41. The first-order valence-corrected chi connectivity index (χ1v) is 9.25. The number of nitrogens with zero attached hydrogens (tertiary/aromatic N) is 3. The minimum absolute atomic E-state index is 0.171. The molecule has 0 aliphatic carbocycles. The summed E-state index contributed by atoms with van der Waals surface area (Å²) >= 11 is 0. The summed E-state index contributed by atoms with van der Waals surface area (Å²) in [4.78, 5) is 17.8. The third-order valence-corrected chi connectivity index (χ3v) is 4.23. The molecule has 1 heterocycles. The van der Waals surface area contributed by atoms with Crippen LogP contribution in [0.4, 0.5) is 5.69 Å². The van der Waals surface area contributed by atoms with Crippen molar-refractivity contribution >= 4 is 17.8 Å². The summed E-state index contributed by atoms with van der Waals surface area (Å²) in [6.07, 6.45) is 4.34. The standard InChI is InChI=1S/C22H24N4O2/c1-4-13-28-23-14-17-9-11-18(12-10-17)19-7-5-6-8-21(19)24-22(27)20-15-26(3)25-16(20)2/h5-12,14-15H,4,13H2,1-3H3,(H,24,27)/b23-14+. The van der Waals surface area contributed by atoms with Gasteiger partial charge in [-0.25, -0.2) is 0 Å². The van der Waals surface area contributed by atoms with E-state index >= 15 is 0 Å². The molecule has 3 rings (SSSR count). The van der Waals surface area contributed by atoms with E-state index in [1.165, 1.54) is 0 Å². The Hall–Kier alpha value is -3.41. The van der Waals surface area contributed by atoms with Crippen LogP contribution >= 0.6 is 0 Å². The Bertz CT molecular complexity index is 974. The number of rotatable bonds is 7. The van der Waals surface area contributed by atoms with Crippen LogP contribution in [0.1, 0.15) is 35.0 Å². The highest BCUT2D eigenvalue weighted by Crippen LogP contribution is 2.28. The molecule has 0 fully saturated rings. The Labute approximate surface area is 164 Å². The number of anilines is 1. The third-order valence-electron chi connectivity index (χ3n) is 4.23. The summed E-state index contributed by atoms with van der Waals surface area (Å²) in [5, 5.41) is 11.2. The number of hydrogen-bond donors (Lipinski definition) is 1. The minimum Gasteiger partial charge on any atom is -0.396 e. The number of nitrogens with one attached hydrogen (secondary N) is 1. The van der Waals surface area contributed by atoms with Gasteiger partial charge in [-0.15, -0.1) is 0 Å². The van der Waals surface area contributed by atoms with Gasteiger partial charge in [0.25, 0.3) is 5.91 Å². The van der Waals surface area contributed by atoms with Crippen molar-refractivity contribution in [2.75, 3.05) is 11.9 Å². The van der Waals surface area contributed by atoms with Crippen molar-refractivity contribution in [1.82, 2.24) is 9.78 Å². The average Bonchev–Trinajstić information content (AvgIpc) is 3.04. The molecule has 2 aromatic carbocycles. The van der Waals surface area contributed by atoms with Crippen molar-refractivity contribution in [3.8, 4) is 11.1 Å². The van der Waals surface area contributed by atoms with Gasteiger partial charge < -0.3 is 10.2 Å². The zero-order chi connectivity index (χ0) is 19.9. The van der Waals surface area contributed by atoms with Gasteiger partial charge in [0, 0.05) is 24.5 Å². The number of carbonyl (C=O) groups excluding carboxylic acids is 1. The molecular formula is C22H24N4O2. The van der Waals surface area contributed by atoms with E-state index in [-0.39, 0.29) is 5.91 Å². The molecule has 0 bridgehead atoms. The summed E-state index contributed by atoms with van der Waals surface area (Å²) in [6.45, 7) is 4.47. The van der Waals surface area contributed by atoms with Crippen molar-refractivity contribution in [3.63, 3.8) is 0 Å². The predicted molar refractivity (Wildman–Crippen MR) is 112 cm³/mol. The molecule has 0 spiro atoms. The van der Waals surface area contributed by atoms with Crippen LogP contribution in [0.25, 0.3) is 11.1 Å². The number of oxime groups is 1. The van der Waals surface area contributed by atoms with Crippen molar-refractivity contribution in [2.45, 2.75) is 20.3 Å². The number of carbonyl (C=O) groups is 1. The van der Waals surface area contributed by atoms with E-state index < -0.39 is 0 Å². The highest BCUT2D eigenvalue weighted by Gasteiger charge is 2.14. The van der Waals surface area contributed by atoms with Gasteiger partial charge >= 0.3 is 0 Å². The normalized spacial score (nSPS) is 11.0. The minimum atomic E-state index is -0.171. The molecule has 0 atom stereocenters. The topological polar surface area (TPSA) is 68.5 Å². The lowest BCUT2D eigenvalue weighted by atomic mass is 10.0. The lowest BCUT2D eigenvalue weighted by Crippen LogP contribution is -2.13. The lowest BCUT2D eigenvalue weighted by Gasteiger charge is -2.11. The van der Waals surface area contributed by atoms with E-state index in [0.29, 0.717) is 17.9 Å². The van der Waals surface area contributed by atoms with Crippen LogP contribution in [0.3, 0.4) is 0 Å². The molecule has 3 aromatic rings. The smallest absolute Gasteiger partial charge is 0.259 e. The Kier molecular flexibility index (Phi) is 6.22. The molecule has 1 aromatic heterocycles. The molecular weight excluding hydrogens is 352 g/mol. The summed E-state index contributed by atoms with van der Waals surface area (Å²) in [6, 6.07) is 15.7. The summed E-state index contributed by atoms with van der Waals surface area (Å²) in [5.41, 5.74) is 4.92. The molecule has 6 nitrogen and oxygen atoms in total. The van der Waals surface area contributed by atoms with Crippen molar-refractivity contribution in [2.24, 2.45) is 12.2 Å². The Morgan fingerprint density at radius 3 is 2.64 bits per heavy atom. The zero-order valence-electron chi connectivity index (χ0n) is 16.3. The molecule has 1 N–H and O–H groups in total. The number of amides is 1. The molecule has 0 aliphatic heterocycles. The summed E-state index contributed by atoms with van der Waals surface area (Å²) in [5.74, 6) is -0.171. The first-order valence-electron chi connectivity index (χ1n) is 9.25. The van der Waals surface area contributed by atoms with Crippen molar-refractivity contribution in [1.29, 1.82) is 0 Å². The van der Waals surface area contributed by atoms with Crippen molar-refractivity contribution < 1.29 is 9.63 Å². The molecule has 0 saturated heterocycles.